The van der Waals surface area contributed by atoms with Gasteiger partial charge in [-0.25, -0.2) is 0 Å². The number of hydrogen-bond donors (Lipinski definition) is 1. The van der Waals surface area contributed by atoms with Gasteiger partial charge in [-0.05, 0) is 17.0 Å². The fourth-order valence-electron chi connectivity index (χ4n) is 1.64. The lowest BCUT2D eigenvalue weighted by Gasteiger charge is -2.14. The molecule has 0 saturated heterocycles. The summed E-state index contributed by atoms with van der Waals surface area (Å²) in [6.45, 7) is 8.78. The van der Waals surface area contributed by atoms with Crippen LogP contribution in [0.2, 0.25) is 0 Å². The second-order valence-electron chi connectivity index (χ2n) is 4.73. The van der Waals surface area contributed by atoms with E-state index in [0.717, 1.165) is 0 Å². The molecule has 0 fully saturated rings. The van der Waals surface area contributed by atoms with Crippen LogP contribution >= 0.6 is 0 Å². The maximum atomic E-state index is 11.5. The Morgan fingerprint density at radius 1 is 1.19 bits per heavy atom. The van der Waals surface area contributed by atoms with Gasteiger partial charge in [-0.3, -0.25) is 4.79 Å². The van der Waals surface area contributed by atoms with Crippen LogP contribution in [0.5, 0.6) is 0 Å². The molecule has 0 aliphatic rings. The van der Waals surface area contributed by atoms with Gasteiger partial charge in [-0.15, -0.1) is 0 Å². The highest BCUT2D eigenvalue weighted by atomic mass is 16.1. The zero-order valence-corrected chi connectivity index (χ0v) is 10.6. The molecule has 2 heteroatoms. The summed E-state index contributed by atoms with van der Waals surface area (Å²) in [4.78, 5) is 11.5. The third-order valence-corrected chi connectivity index (χ3v) is 2.65. The maximum absolute atomic E-state index is 11.5. The monoisotopic (exact) mass is 219 g/mol. The number of carbonyl (C=O) groups is 1. The van der Waals surface area contributed by atoms with Gasteiger partial charge in [-0.2, -0.15) is 0 Å². The van der Waals surface area contributed by atoms with Crippen molar-refractivity contribution in [1.29, 1.82) is 0 Å². The van der Waals surface area contributed by atoms with Crippen LogP contribution in [0, 0.1) is 5.92 Å². The van der Waals surface area contributed by atoms with Crippen LogP contribution in [0.3, 0.4) is 0 Å². The number of rotatable bonds is 4. The van der Waals surface area contributed by atoms with Crippen molar-refractivity contribution in [3.8, 4) is 0 Å². The molecule has 0 spiro atoms. The highest BCUT2D eigenvalue weighted by Crippen LogP contribution is 2.18. The summed E-state index contributed by atoms with van der Waals surface area (Å²) in [5, 5.41) is 2.95. The van der Waals surface area contributed by atoms with E-state index in [1.54, 1.807) is 0 Å². The molecule has 88 valence electrons. The molecule has 0 radical (unpaired) electrons. The van der Waals surface area contributed by atoms with E-state index in [0.29, 0.717) is 12.5 Å². The van der Waals surface area contributed by atoms with Gasteiger partial charge in [0.25, 0.3) is 0 Å². The Morgan fingerprint density at radius 3 is 2.38 bits per heavy atom. The summed E-state index contributed by atoms with van der Waals surface area (Å²) in [5.41, 5.74) is 2.53. The van der Waals surface area contributed by atoms with Gasteiger partial charge in [0.1, 0.15) is 0 Å². The molecule has 1 aromatic carbocycles. The van der Waals surface area contributed by atoms with Crippen molar-refractivity contribution in [2.75, 3.05) is 0 Å². The molecule has 0 bridgehead atoms. The molecule has 0 atom stereocenters. The SMILES string of the molecule is CC(C)C(=O)NCc1ccccc1C(C)C. The third kappa shape index (κ3) is 3.37. The average Bonchev–Trinajstić information content (AvgIpc) is 2.25. The van der Waals surface area contributed by atoms with Crippen LogP contribution in [0.1, 0.15) is 44.7 Å². The highest BCUT2D eigenvalue weighted by molar-refractivity contribution is 5.77. The first kappa shape index (κ1) is 12.8. The van der Waals surface area contributed by atoms with Crippen molar-refractivity contribution in [3.05, 3.63) is 35.4 Å². The van der Waals surface area contributed by atoms with E-state index >= 15 is 0 Å². The second-order valence-corrected chi connectivity index (χ2v) is 4.73. The predicted octanol–water partition coefficient (Wildman–Crippen LogP) is 3.08. The van der Waals surface area contributed by atoms with E-state index < -0.39 is 0 Å². The molecule has 0 unspecified atom stereocenters. The van der Waals surface area contributed by atoms with Crippen molar-refractivity contribution in [1.82, 2.24) is 5.32 Å². The normalized spacial score (nSPS) is 10.9. The highest BCUT2D eigenvalue weighted by Gasteiger charge is 2.09. The summed E-state index contributed by atoms with van der Waals surface area (Å²) in [7, 11) is 0. The lowest BCUT2D eigenvalue weighted by atomic mass is 9.97. The standard InChI is InChI=1S/C14H21NO/c1-10(2)13-8-6-5-7-12(13)9-15-14(16)11(3)4/h5-8,10-11H,9H2,1-4H3,(H,15,16). The van der Waals surface area contributed by atoms with Gasteiger partial charge in [-0.1, -0.05) is 52.0 Å². The Morgan fingerprint density at radius 2 is 1.81 bits per heavy atom. The molecule has 16 heavy (non-hydrogen) atoms. The first-order valence-corrected chi connectivity index (χ1v) is 5.88. The molecule has 0 aliphatic heterocycles. The van der Waals surface area contributed by atoms with Crippen LogP contribution in [0.4, 0.5) is 0 Å². The molecule has 0 saturated carbocycles. The lowest BCUT2D eigenvalue weighted by molar-refractivity contribution is -0.124. The first-order chi connectivity index (χ1) is 7.52. The van der Waals surface area contributed by atoms with Gasteiger partial charge in [0.05, 0.1) is 0 Å². The largest absolute Gasteiger partial charge is 0.352 e. The Labute approximate surface area is 98.1 Å². The molecule has 2 nitrogen and oxygen atoms in total. The van der Waals surface area contributed by atoms with E-state index in [-0.39, 0.29) is 11.8 Å². The quantitative estimate of drug-likeness (QED) is 0.828. The molecular weight excluding hydrogens is 198 g/mol. The number of nitrogens with one attached hydrogen (secondary N) is 1. The van der Waals surface area contributed by atoms with Crippen LogP contribution in [-0.2, 0) is 11.3 Å². The molecule has 0 heterocycles. The molecule has 1 N–H and O–H groups in total. The fraction of sp³-hybridized carbons (Fsp3) is 0.500. The molecule has 0 aromatic heterocycles. The number of benzene rings is 1. The van der Waals surface area contributed by atoms with Crippen LogP contribution in [-0.4, -0.2) is 5.91 Å². The van der Waals surface area contributed by atoms with E-state index in [2.05, 4.69) is 31.3 Å². The summed E-state index contributed by atoms with van der Waals surface area (Å²) in [6.07, 6.45) is 0. The van der Waals surface area contributed by atoms with Crippen molar-refractivity contribution in [2.24, 2.45) is 5.92 Å². The number of hydrogen-bond acceptors (Lipinski definition) is 1. The molecule has 0 aliphatic carbocycles. The zero-order chi connectivity index (χ0) is 12.1. The van der Waals surface area contributed by atoms with Gasteiger partial charge in [0.2, 0.25) is 5.91 Å². The van der Waals surface area contributed by atoms with E-state index in [9.17, 15) is 4.79 Å². The van der Waals surface area contributed by atoms with Crippen LogP contribution < -0.4 is 5.32 Å². The van der Waals surface area contributed by atoms with E-state index in [1.807, 2.05) is 26.0 Å². The first-order valence-electron chi connectivity index (χ1n) is 5.88. The van der Waals surface area contributed by atoms with Crippen molar-refractivity contribution in [3.63, 3.8) is 0 Å². The minimum Gasteiger partial charge on any atom is -0.352 e. The minimum absolute atomic E-state index is 0.0474. The van der Waals surface area contributed by atoms with Gasteiger partial charge in [0.15, 0.2) is 0 Å². The van der Waals surface area contributed by atoms with Crippen LogP contribution in [0.25, 0.3) is 0 Å². The molecule has 1 aromatic rings. The van der Waals surface area contributed by atoms with Crippen molar-refractivity contribution < 1.29 is 4.79 Å². The lowest BCUT2D eigenvalue weighted by Crippen LogP contribution is -2.27. The van der Waals surface area contributed by atoms with E-state index in [4.69, 9.17) is 0 Å². The fourth-order valence-corrected chi connectivity index (χ4v) is 1.64. The Kier molecular flexibility index (Phi) is 4.53. The van der Waals surface area contributed by atoms with Crippen molar-refractivity contribution in [2.45, 2.75) is 40.2 Å². The van der Waals surface area contributed by atoms with Gasteiger partial charge in [0, 0.05) is 12.5 Å². The topological polar surface area (TPSA) is 29.1 Å². The average molecular weight is 219 g/mol. The maximum Gasteiger partial charge on any atom is 0.222 e. The molecule has 1 amide bonds. The predicted molar refractivity (Wildman–Crippen MR) is 67.2 cm³/mol. The number of amides is 1. The Balaban J connectivity index is 2.70. The Bertz CT molecular complexity index is 356. The van der Waals surface area contributed by atoms with Gasteiger partial charge >= 0.3 is 0 Å². The second kappa shape index (κ2) is 5.69. The summed E-state index contributed by atoms with van der Waals surface area (Å²) < 4.78 is 0. The van der Waals surface area contributed by atoms with E-state index in [1.165, 1.54) is 11.1 Å². The molecular formula is C14H21NO. The molecule has 1 rings (SSSR count). The Hall–Kier alpha value is -1.31. The smallest absolute Gasteiger partial charge is 0.222 e. The van der Waals surface area contributed by atoms with Crippen molar-refractivity contribution >= 4 is 5.91 Å². The number of carbonyl (C=O) groups excluding carboxylic acids is 1. The zero-order valence-electron chi connectivity index (χ0n) is 10.6. The summed E-state index contributed by atoms with van der Waals surface area (Å²) >= 11 is 0. The summed E-state index contributed by atoms with van der Waals surface area (Å²) in [6, 6.07) is 8.27. The minimum atomic E-state index is 0.0474. The van der Waals surface area contributed by atoms with Crippen LogP contribution in [0.15, 0.2) is 24.3 Å². The third-order valence-electron chi connectivity index (χ3n) is 2.65. The van der Waals surface area contributed by atoms with Gasteiger partial charge < -0.3 is 5.32 Å². The summed E-state index contributed by atoms with van der Waals surface area (Å²) in [5.74, 6) is 0.650.